The Bertz CT molecular complexity index is 528. The Morgan fingerprint density at radius 3 is 2.26 bits per heavy atom. The topological polar surface area (TPSA) is 75.4 Å². The van der Waals surface area contributed by atoms with Crippen LogP contribution < -0.4 is 10.5 Å². The summed E-state index contributed by atoms with van der Waals surface area (Å²) in [5.41, 5.74) is 4.32. The van der Waals surface area contributed by atoms with Gasteiger partial charge in [-0.25, -0.2) is 13.2 Å². The molecule has 3 N–H and O–H groups in total. The summed E-state index contributed by atoms with van der Waals surface area (Å²) in [4.78, 5) is 0. The van der Waals surface area contributed by atoms with E-state index in [1.54, 1.807) is 4.72 Å². The molecule has 0 fully saturated rings. The van der Waals surface area contributed by atoms with Gasteiger partial charge in [-0.2, -0.15) is 12.7 Å². The van der Waals surface area contributed by atoms with Crippen molar-refractivity contribution in [3.63, 3.8) is 0 Å². The van der Waals surface area contributed by atoms with E-state index in [1.165, 1.54) is 7.05 Å². The molecule has 1 rings (SSSR count). The lowest BCUT2D eigenvalue weighted by Crippen LogP contribution is -2.34. The molecular formula is C10H14F3N3O2S. The molecule has 0 aliphatic heterocycles. The van der Waals surface area contributed by atoms with Gasteiger partial charge in [-0.3, -0.25) is 4.72 Å². The van der Waals surface area contributed by atoms with Gasteiger partial charge in [-0.05, 0) is 13.0 Å². The molecule has 0 spiro atoms. The first kappa shape index (κ1) is 15.7. The standard InChI is InChI=1S/C10H14F3N3O2S/c1-16(4-2-3-14)19(17,18)15-10-8(12)5-7(11)6-9(10)13/h5-6,15H,2-4,14H2,1H3. The van der Waals surface area contributed by atoms with Gasteiger partial charge in [-0.15, -0.1) is 0 Å². The maximum absolute atomic E-state index is 13.3. The number of benzene rings is 1. The highest BCUT2D eigenvalue weighted by atomic mass is 32.2. The normalized spacial score (nSPS) is 11.9. The lowest BCUT2D eigenvalue weighted by molar-refractivity contribution is 0.467. The first-order chi connectivity index (χ1) is 8.77. The second-order valence-corrected chi connectivity index (χ2v) is 5.59. The highest BCUT2D eigenvalue weighted by Gasteiger charge is 2.21. The van der Waals surface area contributed by atoms with Crippen LogP contribution >= 0.6 is 0 Å². The van der Waals surface area contributed by atoms with Crippen molar-refractivity contribution in [3.8, 4) is 0 Å². The van der Waals surface area contributed by atoms with Crippen LogP contribution in [0.1, 0.15) is 6.42 Å². The van der Waals surface area contributed by atoms with E-state index in [0.29, 0.717) is 18.6 Å². The molecule has 0 amide bonds. The van der Waals surface area contributed by atoms with Gasteiger partial charge in [0, 0.05) is 25.7 Å². The van der Waals surface area contributed by atoms with E-state index >= 15 is 0 Å². The molecule has 0 aromatic heterocycles. The Kier molecular flexibility index (Phi) is 5.15. The molecule has 0 saturated carbocycles. The third-order valence-corrected chi connectivity index (χ3v) is 3.79. The molecular weight excluding hydrogens is 283 g/mol. The van der Waals surface area contributed by atoms with Gasteiger partial charge in [0.25, 0.3) is 0 Å². The highest BCUT2D eigenvalue weighted by Crippen LogP contribution is 2.21. The van der Waals surface area contributed by atoms with Crippen molar-refractivity contribution < 1.29 is 21.6 Å². The van der Waals surface area contributed by atoms with Gasteiger partial charge < -0.3 is 5.73 Å². The van der Waals surface area contributed by atoms with Crippen molar-refractivity contribution in [2.24, 2.45) is 5.73 Å². The SMILES string of the molecule is CN(CCCN)S(=O)(=O)Nc1c(F)cc(F)cc1F. The monoisotopic (exact) mass is 297 g/mol. The minimum atomic E-state index is -4.12. The van der Waals surface area contributed by atoms with Gasteiger partial charge >= 0.3 is 10.2 Å². The molecule has 0 bridgehead atoms. The summed E-state index contributed by atoms with van der Waals surface area (Å²) in [5, 5.41) is 0. The molecule has 0 aliphatic carbocycles. The fraction of sp³-hybridized carbons (Fsp3) is 0.400. The Balaban J connectivity index is 2.96. The van der Waals surface area contributed by atoms with Crippen LogP contribution in [0, 0.1) is 17.5 Å². The molecule has 0 unspecified atom stereocenters. The summed E-state index contributed by atoms with van der Waals surface area (Å²) in [7, 11) is -2.88. The predicted molar refractivity (Wildman–Crippen MR) is 65.2 cm³/mol. The van der Waals surface area contributed by atoms with Crippen molar-refractivity contribution in [1.82, 2.24) is 4.31 Å². The number of nitrogens with zero attached hydrogens (tertiary/aromatic N) is 1. The molecule has 108 valence electrons. The second kappa shape index (κ2) is 6.22. The quantitative estimate of drug-likeness (QED) is 0.824. The third-order valence-electron chi connectivity index (χ3n) is 2.33. The number of nitrogens with two attached hydrogens (primary N) is 1. The lowest BCUT2D eigenvalue weighted by atomic mass is 10.3. The van der Waals surface area contributed by atoms with Gasteiger partial charge in [0.05, 0.1) is 0 Å². The van der Waals surface area contributed by atoms with Crippen molar-refractivity contribution in [3.05, 3.63) is 29.6 Å². The van der Waals surface area contributed by atoms with Crippen LogP contribution in [0.2, 0.25) is 0 Å². The van der Waals surface area contributed by atoms with Crippen LogP contribution in [0.5, 0.6) is 0 Å². The lowest BCUT2D eigenvalue weighted by Gasteiger charge is -2.18. The minimum Gasteiger partial charge on any atom is -0.330 e. The molecule has 0 aliphatic rings. The Labute approximate surface area is 109 Å². The summed E-state index contributed by atoms with van der Waals surface area (Å²) in [6.45, 7) is 0.370. The fourth-order valence-electron chi connectivity index (χ4n) is 1.28. The zero-order valence-electron chi connectivity index (χ0n) is 10.2. The van der Waals surface area contributed by atoms with Crippen LogP contribution in [0.25, 0.3) is 0 Å². The highest BCUT2D eigenvalue weighted by molar-refractivity contribution is 7.90. The maximum Gasteiger partial charge on any atom is 0.301 e. The molecule has 5 nitrogen and oxygen atoms in total. The van der Waals surface area contributed by atoms with Crippen molar-refractivity contribution in [2.75, 3.05) is 24.9 Å². The largest absolute Gasteiger partial charge is 0.330 e. The maximum atomic E-state index is 13.3. The summed E-state index contributed by atoms with van der Waals surface area (Å²) < 4.78 is 65.4. The van der Waals surface area contributed by atoms with E-state index in [-0.39, 0.29) is 13.1 Å². The summed E-state index contributed by atoms with van der Waals surface area (Å²) in [6.07, 6.45) is 0.395. The first-order valence-corrected chi connectivity index (χ1v) is 6.80. The Hall–Kier alpha value is -1.32. The van der Waals surface area contributed by atoms with E-state index in [1.807, 2.05) is 0 Å². The zero-order valence-corrected chi connectivity index (χ0v) is 11.0. The average molecular weight is 297 g/mol. The minimum absolute atomic E-state index is 0.0935. The number of rotatable bonds is 6. The zero-order chi connectivity index (χ0) is 14.6. The Morgan fingerprint density at radius 1 is 1.26 bits per heavy atom. The summed E-state index contributed by atoms with van der Waals surface area (Å²) >= 11 is 0. The molecule has 0 heterocycles. The molecule has 0 saturated heterocycles. The fourth-order valence-corrected chi connectivity index (χ4v) is 2.26. The van der Waals surface area contributed by atoms with Gasteiger partial charge in [0.15, 0.2) is 11.6 Å². The predicted octanol–water partition coefficient (Wildman–Crippen LogP) is 1.04. The van der Waals surface area contributed by atoms with E-state index < -0.39 is 33.3 Å². The smallest absolute Gasteiger partial charge is 0.301 e. The van der Waals surface area contributed by atoms with Crippen LogP contribution in [-0.4, -0.2) is 32.9 Å². The van der Waals surface area contributed by atoms with Crippen molar-refractivity contribution in [2.45, 2.75) is 6.42 Å². The van der Waals surface area contributed by atoms with Crippen LogP contribution in [-0.2, 0) is 10.2 Å². The number of halogens is 3. The molecule has 0 radical (unpaired) electrons. The van der Waals surface area contributed by atoms with Crippen molar-refractivity contribution >= 4 is 15.9 Å². The van der Waals surface area contributed by atoms with E-state index in [0.717, 1.165) is 4.31 Å². The molecule has 0 atom stereocenters. The molecule has 1 aromatic rings. The molecule has 19 heavy (non-hydrogen) atoms. The third kappa shape index (κ3) is 4.08. The molecule has 9 heteroatoms. The Morgan fingerprint density at radius 2 is 1.79 bits per heavy atom. The van der Waals surface area contributed by atoms with Gasteiger partial charge in [-0.1, -0.05) is 0 Å². The van der Waals surface area contributed by atoms with Gasteiger partial charge in [0.2, 0.25) is 0 Å². The van der Waals surface area contributed by atoms with E-state index in [9.17, 15) is 21.6 Å². The number of hydrogen-bond donors (Lipinski definition) is 2. The number of hydrogen-bond acceptors (Lipinski definition) is 3. The van der Waals surface area contributed by atoms with Gasteiger partial charge in [0.1, 0.15) is 11.5 Å². The van der Waals surface area contributed by atoms with Crippen LogP contribution in [0.4, 0.5) is 18.9 Å². The van der Waals surface area contributed by atoms with Crippen LogP contribution in [0.3, 0.4) is 0 Å². The second-order valence-electron chi connectivity index (χ2n) is 3.82. The summed E-state index contributed by atoms with van der Waals surface area (Å²) in [5.74, 6) is -3.78. The van der Waals surface area contributed by atoms with Crippen molar-refractivity contribution in [1.29, 1.82) is 0 Å². The average Bonchev–Trinajstić information content (AvgIpc) is 2.30. The van der Waals surface area contributed by atoms with E-state index in [2.05, 4.69) is 0 Å². The molecule has 1 aromatic carbocycles. The number of anilines is 1. The first-order valence-electron chi connectivity index (χ1n) is 5.36. The van der Waals surface area contributed by atoms with E-state index in [4.69, 9.17) is 5.73 Å². The number of nitrogens with one attached hydrogen (secondary N) is 1. The van der Waals surface area contributed by atoms with Crippen LogP contribution in [0.15, 0.2) is 12.1 Å². The summed E-state index contributed by atoms with van der Waals surface area (Å²) in [6, 6.07) is 0.779.